The number of benzene rings is 2. The number of carbonyl (C=O) groups is 3. The van der Waals surface area contributed by atoms with Gasteiger partial charge in [-0.25, -0.2) is 0 Å². The molecule has 0 aliphatic rings. The van der Waals surface area contributed by atoms with E-state index in [0.29, 0.717) is 34.0 Å². The van der Waals surface area contributed by atoms with E-state index in [1.54, 1.807) is 62.6 Å². The molecule has 1 aromatic heterocycles. The third-order valence-electron chi connectivity index (χ3n) is 4.51. The van der Waals surface area contributed by atoms with Crippen molar-refractivity contribution < 1.29 is 19.1 Å². The van der Waals surface area contributed by atoms with Crippen LogP contribution in [-0.2, 0) is 6.54 Å². The molecule has 0 aliphatic heterocycles. The van der Waals surface area contributed by atoms with Crippen molar-refractivity contribution in [1.29, 1.82) is 0 Å². The van der Waals surface area contributed by atoms with Gasteiger partial charge in [0.1, 0.15) is 5.75 Å². The Morgan fingerprint density at radius 2 is 1.68 bits per heavy atom. The lowest BCUT2D eigenvalue weighted by molar-refractivity contribution is 0.0826. The summed E-state index contributed by atoms with van der Waals surface area (Å²) >= 11 is 1.38. The van der Waals surface area contributed by atoms with Crippen LogP contribution in [0.5, 0.6) is 5.75 Å². The van der Waals surface area contributed by atoms with Crippen LogP contribution in [0.3, 0.4) is 0 Å². The fourth-order valence-electron chi connectivity index (χ4n) is 2.84. The molecule has 3 rings (SSSR count). The molecule has 0 bridgehead atoms. The van der Waals surface area contributed by atoms with Crippen LogP contribution < -0.4 is 15.4 Å². The van der Waals surface area contributed by atoms with Gasteiger partial charge in [-0.15, -0.1) is 11.3 Å². The highest BCUT2D eigenvalue weighted by atomic mass is 32.1. The smallest absolute Gasteiger partial charge is 0.261 e. The molecule has 0 aliphatic carbocycles. The minimum atomic E-state index is -0.332. The van der Waals surface area contributed by atoms with Gasteiger partial charge >= 0.3 is 0 Å². The van der Waals surface area contributed by atoms with E-state index in [9.17, 15) is 14.4 Å². The van der Waals surface area contributed by atoms with E-state index < -0.39 is 0 Å². The molecule has 8 heteroatoms. The second-order valence-corrected chi connectivity index (χ2v) is 7.87. The summed E-state index contributed by atoms with van der Waals surface area (Å²) in [5.41, 5.74) is 2.17. The summed E-state index contributed by atoms with van der Waals surface area (Å²) in [6, 6.07) is 15.4. The first-order valence-electron chi connectivity index (χ1n) is 9.50. The zero-order chi connectivity index (χ0) is 22.4. The van der Waals surface area contributed by atoms with E-state index in [4.69, 9.17) is 4.74 Å². The standard InChI is InChI=1S/C23H23N3O4S/c1-26(2)23(29)17-10-11-19(30-3)18(13-17)25-21(27)16-8-6-15(7-9-16)14-24-22(28)20-5-4-12-31-20/h4-13H,14H2,1-3H3,(H,24,28)(H,25,27). The second-order valence-electron chi connectivity index (χ2n) is 6.93. The number of ether oxygens (including phenoxy) is 1. The van der Waals surface area contributed by atoms with E-state index in [1.165, 1.54) is 23.3 Å². The van der Waals surface area contributed by atoms with E-state index in [2.05, 4.69) is 10.6 Å². The van der Waals surface area contributed by atoms with E-state index in [1.807, 2.05) is 11.4 Å². The van der Waals surface area contributed by atoms with Crippen LogP contribution >= 0.6 is 11.3 Å². The Morgan fingerprint density at radius 3 is 2.29 bits per heavy atom. The fourth-order valence-corrected chi connectivity index (χ4v) is 3.48. The number of rotatable bonds is 7. The summed E-state index contributed by atoms with van der Waals surface area (Å²) in [7, 11) is 4.82. The number of methoxy groups -OCH3 is 1. The zero-order valence-corrected chi connectivity index (χ0v) is 18.3. The monoisotopic (exact) mass is 437 g/mol. The second kappa shape index (κ2) is 9.90. The predicted octanol–water partition coefficient (Wildman–Crippen LogP) is 3.64. The van der Waals surface area contributed by atoms with Gasteiger partial charge in [0.05, 0.1) is 17.7 Å². The summed E-state index contributed by atoms with van der Waals surface area (Å²) in [6.07, 6.45) is 0. The van der Waals surface area contributed by atoms with E-state index in [0.717, 1.165) is 5.56 Å². The minimum Gasteiger partial charge on any atom is -0.495 e. The van der Waals surface area contributed by atoms with Gasteiger partial charge in [0, 0.05) is 31.8 Å². The molecule has 0 atom stereocenters. The Hall–Kier alpha value is -3.65. The average Bonchev–Trinajstić information content (AvgIpc) is 3.32. The maximum Gasteiger partial charge on any atom is 0.261 e. The molecular formula is C23H23N3O4S. The van der Waals surface area contributed by atoms with Crippen molar-refractivity contribution in [3.05, 3.63) is 81.5 Å². The molecule has 2 N–H and O–H groups in total. The molecule has 0 saturated carbocycles. The molecule has 0 radical (unpaired) electrons. The Bertz CT molecular complexity index is 1080. The van der Waals surface area contributed by atoms with Crippen molar-refractivity contribution in [2.24, 2.45) is 0 Å². The third-order valence-corrected chi connectivity index (χ3v) is 5.38. The van der Waals surface area contributed by atoms with Crippen LogP contribution in [0.1, 0.15) is 36.0 Å². The number of amides is 3. The highest BCUT2D eigenvalue weighted by Crippen LogP contribution is 2.26. The van der Waals surface area contributed by atoms with Gasteiger partial charge in [0.15, 0.2) is 0 Å². The van der Waals surface area contributed by atoms with Gasteiger partial charge in [-0.05, 0) is 47.3 Å². The lowest BCUT2D eigenvalue weighted by Gasteiger charge is -2.14. The average molecular weight is 438 g/mol. The Kier molecular flexibility index (Phi) is 7.04. The molecule has 1 heterocycles. The fraction of sp³-hybridized carbons (Fsp3) is 0.174. The summed E-state index contributed by atoms with van der Waals surface area (Å²) < 4.78 is 5.30. The normalized spacial score (nSPS) is 10.3. The number of thiophene rings is 1. The van der Waals surface area contributed by atoms with Crippen LogP contribution in [0.4, 0.5) is 5.69 Å². The van der Waals surface area contributed by atoms with Gasteiger partial charge in [-0.1, -0.05) is 18.2 Å². The maximum absolute atomic E-state index is 12.7. The molecule has 3 amide bonds. The van der Waals surface area contributed by atoms with Crippen LogP contribution in [0.2, 0.25) is 0 Å². The first kappa shape index (κ1) is 22.0. The molecule has 31 heavy (non-hydrogen) atoms. The van der Waals surface area contributed by atoms with E-state index >= 15 is 0 Å². The summed E-state index contributed by atoms with van der Waals surface area (Å²) in [4.78, 5) is 39.1. The van der Waals surface area contributed by atoms with Gasteiger partial charge in [-0.3, -0.25) is 14.4 Å². The third kappa shape index (κ3) is 5.49. The number of nitrogens with one attached hydrogen (secondary N) is 2. The number of carbonyl (C=O) groups excluding carboxylic acids is 3. The Labute approximate surface area is 184 Å². The molecule has 160 valence electrons. The molecule has 0 saturated heterocycles. The maximum atomic E-state index is 12.7. The Balaban J connectivity index is 1.67. The van der Waals surface area contributed by atoms with Crippen molar-refractivity contribution in [2.45, 2.75) is 6.54 Å². The van der Waals surface area contributed by atoms with Crippen molar-refractivity contribution in [2.75, 3.05) is 26.5 Å². The SMILES string of the molecule is COc1ccc(C(=O)N(C)C)cc1NC(=O)c1ccc(CNC(=O)c2cccs2)cc1. The van der Waals surface area contributed by atoms with Crippen LogP contribution in [0, 0.1) is 0 Å². The minimum absolute atomic E-state index is 0.129. The van der Waals surface area contributed by atoms with Gasteiger partial charge in [0.25, 0.3) is 17.7 Å². The Morgan fingerprint density at radius 1 is 0.968 bits per heavy atom. The first-order chi connectivity index (χ1) is 14.9. The number of hydrogen-bond donors (Lipinski definition) is 2. The zero-order valence-electron chi connectivity index (χ0n) is 17.5. The summed E-state index contributed by atoms with van der Waals surface area (Å²) in [5, 5.41) is 7.50. The molecule has 0 unspecified atom stereocenters. The van der Waals surface area contributed by atoms with Crippen molar-refractivity contribution in [3.63, 3.8) is 0 Å². The molecule has 0 spiro atoms. The quantitative estimate of drug-likeness (QED) is 0.591. The topological polar surface area (TPSA) is 87.7 Å². The first-order valence-corrected chi connectivity index (χ1v) is 10.4. The lowest BCUT2D eigenvalue weighted by Crippen LogP contribution is -2.22. The molecule has 3 aromatic rings. The van der Waals surface area contributed by atoms with Gasteiger partial charge in [0.2, 0.25) is 0 Å². The van der Waals surface area contributed by atoms with Crippen LogP contribution in [0.25, 0.3) is 0 Å². The number of nitrogens with zero attached hydrogens (tertiary/aromatic N) is 1. The van der Waals surface area contributed by atoms with Gasteiger partial charge < -0.3 is 20.3 Å². The molecule has 0 fully saturated rings. The van der Waals surface area contributed by atoms with Crippen molar-refractivity contribution in [1.82, 2.24) is 10.2 Å². The van der Waals surface area contributed by atoms with Gasteiger partial charge in [-0.2, -0.15) is 0 Å². The lowest BCUT2D eigenvalue weighted by atomic mass is 10.1. The van der Waals surface area contributed by atoms with Crippen molar-refractivity contribution in [3.8, 4) is 5.75 Å². The van der Waals surface area contributed by atoms with Crippen LogP contribution in [-0.4, -0.2) is 43.8 Å². The largest absolute Gasteiger partial charge is 0.495 e. The van der Waals surface area contributed by atoms with Crippen molar-refractivity contribution >= 4 is 34.7 Å². The highest BCUT2D eigenvalue weighted by Gasteiger charge is 2.15. The summed E-state index contributed by atoms with van der Waals surface area (Å²) in [5.74, 6) is -0.179. The number of hydrogen-bond acceptors (Lipinski definition) is 5. The predicted molar refractivity (Wildman–Crippen MR) is 121 cm³/mol. The van der Waals surface area contributed by atoms with E-state index in [-0.39, 0.29) is 17.7 Å². The van der Waals surface area contributed by atoms with Crippen LogP contribution in [0.15, 0.2) is 60.0 Å². The highest BCUT2D eigenvalue weighted by molar-refractivity contribution is 7.12. The number of anilines is 1. The molecule has 7 nitrogen and oxygen atoms in total. The molecule has 2 aromatic carbocycles. The summed E-state index contributed by atoms with van der Waals surface area (Å²) in [6.45, 7) is 0.362. The molecular weight excluding hydrogens is 414 g/mol.